The van der Waals surface area contributed by atoms with E-state index in [9.17, 15) is 38.2 Å². The maximum atomic E-state index is 13.0. The molecule has 1 fully saturated rings. The van der Waals surface area contributed by atoms with E-state index in [0.29, 0.717) is 12.8 Å². The molecule has 1 heterocycles. The third kappa shape index (κ3) is 30.3. The van der Waals surface area contributed by atoms with E-state index in [1.807, 2.05) is 12.2 Å². The van der Waals surface area contributed by atoms with E-state index in [-0.39, 0.29) is 18.9 Å². The number of nitrogens with one attached hydrogen (secondary N) is 1. The Kier molecular flexibility index (Phi) is 35.0. The third-order valence-electron chi connectivity index (χ3n) is 11.3. The van der Waals surface area contributed by atoms with Crippen molar-refractivity contribution in [1.29, 1.82) is 0 Å². The molecule has 0 aromatic carbocycles. The molecular weight excluding hydrogens is 775 g/mol. The molecular formula is C46H87NO11S. The molecule has 0 radical (unpaired) electrons. The van der Waals surface area contributed by atoms with Gasteiger partial charge in [0.05, 0.1) is 25.4 Å². The average Bonchev–Trinajstić information content (AvgIpc) is 3.20. The standard InChI is InChI=1S/C46H87NO11S/c1-3-5-7-9-11-13-15-17-18-19-20-21-22-24-25-27-29-31-33-35-40(49)39(38-56-46-44(52)45(58-59(53,54)55)43(51)41(37-48)57-46)47-42(50)36-34-32-30-28-26-23-16-14-12-10-8-6-4-2/h23,26,30,32,39-41,43-46,48-49,51-52H,3-22,24-25,27-29,31,33-38H2,1-2H3,(H,47,50)(H,53,54,55)/b26-23-,32-30-. The Morgan fingerprint density at radius 1 is 0.678 bits per heavy atom. The smallest absolute Gasteiger partial charge is 0.394 e. The van der Waals surface area contributed by atoms with Gasteiger partial charge in [-0.25, -0.2) is 4.18 Å². The number of carbonyl (C=O) groups excluding carboxylic acids is 1. The van der Waals surface area contributed by atoms with Crippen LogP contribution in [0.5, 0.6) is 0 Å². The van der Waals surface area contributed by atoms with Crippen molar-refractivity contribution in [2.45, 2.75) is 249 Å². The number of aliphatic hydroxyl groups is 4. The highest BCUT2D eigenvalue weighted by Gasteiger charge is 2.48. The number of ether oxygens (including phenoxy) is 2. The summed E-state index contributed by atoms with van der Waals surface area (Å²) in [4.78, 5) is 13.0. The van der Waals surface area contributed by atoms with Crippen molar-refractivity contribution in [2.24, 2.45) is 0 Å². The van der Waals surface area contributed by atoms with Crippen LogP contribution in [0, 0.1) is 0 Å². The second-order valence-corrected chi connectivity index (χ2v) is 17.7. The Labute approximate surface area is 359 Å². The van der Waals surface area contributed by atoms with Gasteiger partial charge in [-0.2, -0.15) is 8.42 Å². The highest BCUT2D eigenvalue weighted by molar-refractivity contribution is 7.80. The monoisotopic (exact) mass is 862 g/mol. The van der Waals surface area contributed by atoms with Crippen LogP contribution < -0.4 is 5.32 Å². The molecule has 1 amide bonds. The summed E-state index contributed by atoms with van der Waals surface area (Å²) in [6, 6.07) is -0.886. The highest BCUT2D eigenvalue weighted by atomic mass is 32.3. The minimum absolute atomic E-state index is 0.187. The summed E-state index contributed by atoms with van der Waals surface area (Å²) in [7, 11) is -5.08. The van der Waals surface area contributed by atoms with Crippen molar-refractivity contribution in [3.63, 3.8) is 0 Å². The molecule has 12 nitrogen and oxygen atoms in total. The zero-order chi connectivity index (χ0) is 43.4. The van der Waals surface area contributed by atoms with Gasteiger partial charge in [0.2, 0.25) is 5.91 Å². The average molecular weight is 862 g/mol. The maximum Gasteiger partial charge on any atom is 0.397 e. The van der Waals surface area contributed by atoms with Crippen LogP contribution in [0.2, 0.25) is 0 Å². The normalized spacial score (nSPS) is 21.1. The number of rotatable bonds is 40. The molecule has 1 rings (SSSR count). The molecule has 7 atom stereocenters. The molecule has 0 aromatic heterocycles. The lowest BCUT2D eigenvalue weighted by molar-refractivity contribution is -0.298. The van der Waals surface area contributed by atoms with Crippen LogP contribution in [0.1, 0.15) is 206 Å². The second-order valence-electron chi connectivity index (χ2n) is 16.7. The fourth-order valence-electron chi connectivity index (χ4n) is 7.57. The lowest BCUT2D eigenvalue weighted by atomic mass is 9.99. The summed E-state index contributed by atoms with van der Waals surface area (Å²) in [6.45, 7) is 3.41. The Morgan fingerprint density at radius 2 is 1.14 bits per heavy atom. The van der Waals surface area contributed by atoms with Crippen LogP contribution >= 0.6 is 0 Å². The molecule has 59 heavy (non-hydrogen) atoms. The molecule has 348 valence electrons. The van der Waals surface area contributed by atoms with E-state index in [0.717, 1.165) is 38.5 Å². The first-order valence-electron chi connectivity index (χ1n) is 23.7. The Balaban J connectivity index is 2.50. The predicted octanol–water partition coefficient (Wildman–Crippen LogP) is 9.33. The molecule has 13 heteroatoms. The number of unbranched alkanes of at least 4 members (excludes halogenated alkanes) is 24. The topological polar surface area (TPSA) is 192 Å². The predicted molar refractivity (Wildman–Crippen MR) is 236 cm³/mol. The number of carbonyl (C=O) groups is 1. The van der Waals surface area contributed by atoms with Crippen LogP contribution in [0.4, 0.5) is 0 Å². The van der Waals surface area contributed by atoms with Crippen molar-refractivity contribution in [2.75, 3.05) is 13.2 Å². The quantitative estimate of drug-likeness (QED) is 0.0195. The van der Waals surface area contributed by atoms with Gasteiger partial charge in [-0.3, -0.25) is 9.35 Å². The number of hydrogen-bond acceptors (Lipinski definition) is 10. The minimum atomic E-state index is -5.08. The number of amides is 1. The van der Waals surface area contributed by atoms with Gasteiger partial charge in [-0.15, -0.1) is 0 Å². The van der Waals surface area contributed by atoms with Crippen LogP contribution in [0.15, 0.2) is 24.3 Å². The van der Waals surface area contributed by atoms with Crippen molar-refractivity contribution < 1.29 is 51.8 Å². The van der Waals surface area contributed by atoms with Gasteiger partial charge in [-0.1, -0.05) is 192 Å². The molecule has 0 aliphatic carbocycles. The first kappa shape index (κ1) is 55.6. The highest BCUT2D eigenvalue weighted by Crippen LogP contribution is 2.26. The summed E-state index contributed by atoms with van der Waals surface area (Å²) >= 11 is 0. The summed E-state index contributed by atoms with van der Waals surface area (Å²) in [5.74, 6) is -0.296. The molecule has 7 unspecified atom stereocenters. The zero-order valence-electron chi connectivity index (χ0n) is 37.1. The molecule has 0 aromatic rings. The minimum Gasteiger partial charge on any atom is -0.394 e. The van der Waals surface area contributed by atoms with Crippen molar-refractivity contribution >= 4 is 16.3 Å². The fraction of sp³-hybridized carbons (Fsp3) is 0.891. The summed E-state index contributed by atoms with van der Waals surface area (Å²) < 4.78 is 47.6. The Morgan fingerprint density at radius 3 is 1.61 bits per heavy atom. The van der Waals surface area contributed by atoms with E-state index in [2.05, 4.69) is 35.5 Å². The maximum absolute atomic E-state index is 13.0. The van der Waals surface area contributed by atoms with Gasteiger partial charge in [-0.05, 0) is 32.1 Å². The third-order valence-corrected chi connectivity index (χ3v) is 11.7. The molecule has 1 saturated heterocycles. The molecule has 0 bridgehead atoms. The van der Waals surface area contributed by atoms with Crippen molar-refractivity contribution in [3.8, 4) is 0 Å². The molecule has 1 aliphatic heterocycles. The lowest BCUT2D eigenvalue weighted by Crippen LogP contribution is -2.61. The van der Waals surface area contributed by atoms with Gasteiger partial charge < -0.3 is 35.2 Å². The van der Waals surface area contributed by atoms with E-state index in [4.69, 9.17) is 9.47 Å². The Bertz CT molecular complexity index is 1150. The van der Waals surface area contributed by atoms with E-state index in [1.165, 1.54) is 135 Å². The van der Waals surface area contributed by atoms with Crippen LogP contribution in [0.3, 0.4) is 0 Å². The number of allylic oxidation sites excluding steroid dienone is 4. The second kappa shape index (κ2) is 37.2. The summed E-state index contributed by atoms with van der Waals surface area (Å²) in [5, 5.41) is 44.8. The van der Waals surface area contributed by atoms with Gasteiger partial charge in [0.15, 0.2) is 6.29 Å². The number of hydrogen-bond donors (Lipinski definition) is 6. The van der Waals surface area contributed by atoms with Gasteiger partial charge in [0.1, 0.15) is 24.4 Å². The molecule has 0 spiro atoms. The molecule has 6 N–H and O–H groups in total. The molecule has 0 saturated carbocycles. The van der Waals surface area contributed by atoms with Crippen molar-refractivity contribution in [3.05, 3.63) is 24.3 Å². The largest absolute Gasteiger partial charge is 0.397 e. The van der Waals surface area contributed by atoms with Gasteiger partial charge >= 0.3 is 10.4 Å². The van der Waals surface area contributed by atoms with Crippen molar-refractivity contribution in [1.82, 2.24) is 5.32 Å². The number of aliphatic hydroxyl groups excluding tert-OH is 4. The van der Waals surface area contributed by atoms with Crippen LogP contribution in [-0.2, 0) is 28.9 Å². The Hall–Kier alpha value is -1.42. The first-order chi connectivity index (χ1) is 28.5. The zero-order valence-corrected chi connectivity index (χ0v) is 37.9. The van der Waals surface area contributed by atoms with Gasteiger partial charge in [0, 0.05) is 6.42 Å². The summed E-state index contributed by atoms with van der Waals surface area (Å²) in [5.41, 5.74) is 0. The van der Waals surface area contributed by atoms with E-state index >= 15 is 0 Å². The fourth-order valence-corrected chi connectivity index (χ4v) is 8.08. The van der Waals surface area contributed by atoms with Gasteiger partial charge in [0.25, 0.3) is 0 Å². The van der Waals surface area contributed by atoms with E-state index in [1.54, 1.807) is 0 Å². The van der Waals surface area contributed by atoms with Crippen LogP contribution in [0.25, 0.3) is 0 Å². The van der Waals surface area contributed by atoms with E-state index < -0.39 is 59.9 Å². The van der Waals surface area contributed by atoms with Crippen LogP contribution in [-0.4, -0.2) is 95.4 Å². The summed E-state index contributed by atoms with van der Waals surface area (Å²) in [6.07, 6.45) is 33.4. The molecule has 1 aliphatic rings. The SMILES string of the molecule is CCCCCCCC/C=C\C/C=C\CCC(=O)NC(COC1OC(CO)C(O)C(OS(=O)(=O)O)C1O)C(O)CCCCCCCCCCCCCCCCCCCCC. The first-order valence-corrected chi connectivity index (χ1v) is 25.1. The lowest BCUT2D eigenvalue weighted by Gasteiger charge is -2.41.